The SMILES string of the molecule is CN(Cc1ccc(Cl)c(Cl)c1)C(=O)CCl. The highest BCUT2D eigenvalue weighted by Gasteiger charge is 2.08. The Morgan fingerprint density at radius 2 is 2.00 bits per heavy atom. The second-order valence-corrected chi connectivity index (χ2v) is 4.21. The van der Waals surface area contributed by atoms with Crippen molar-refractivity contribution in [2.24, 2.45) is 0 Å². The Labute approximate surface area is 104 Å². The molecule has 0 saturated heterocycles. The third-order valence-corrected chi connectivity index (χ3v) is 2.91. The molecule has 1 aromatic rings. The number of amides is 1. The smallest absolute Gasteiger partial charge is 0.237 e. The first-order valence-corrected chi connectivity index (χ1v) is 5.57. The van der Waals surface area contributed by atoms with Crippen LogP contribution in [0, 0.1) is 0 Å². The lowest BCUT2D eigenvalue weighted by Crippen LogP contribution is -2.27. The molecule has 1 amide bonds. The highest BCUT2D eigenvalue weighted by molar-refractivity contribution is 6.42. The summed E-state index contributed by atoms with van der Waals surface area (Å²) in [5.74, 6) is -0.139. The van der Waals surface area contributed by atoms with Gasteiger partial charge in [0.2, 0.25) is 5.91 Å². The van der Waals surface area contributed by atoms with Crippen LogP contribution in [0.15, 0.2) is 18.2 Å². The van der Waals surface area contributed by atoms with Gasteiger partial charge in [0.1, 0.15) is 5.88 Å². The van der Waals surface area contributed by atoms with Crippen molar-refractivity contribution in [2.75, 3.05) is 12.9 Å². The largest absolute Gasteiger partial charge is 0.340 e. The summed E-state index contributed by atoms with van der Waals surface area (Å²) < 4.78 is 0. The van der Waals surface area contributed by atoms with Crippen molar-refractivity contribution in [1.29, 1.82) is 0 Å². The molecule has 0 aliphatic heterocycles. The standard InChI is InChI=1S/C10H10Cl3NO/c1-14(10(15)5-11)6-7-2-3-8(12)9(13)4-7/h2-4H,5-6H2,1H3. The van der Waals surface area contributed by atoms with Crippen molar-refractivity contribution >= 4 is 40.7 Å². The maximum Gasteiger partial charge on any atom is 0.237 e. The van der Waals surface area contributed by atoms with Gasteiger partial charge in [0, 0.05) is 13.6 Å². The minimum atomic E-state index is -0.122. The van der Waals surface area contributed by atoms with Crippen LogP contribution in [0.5, 0.6) is 0 Å². The molecule has 0 aliphatic carbocycles. The fourth-order valence-electron chi connectivity index (χ4n) is 1.10. The maximum atomic E-state index is 11.2. The molecule has 5 heteroatoms. The van der Waals surface area contributed by atoms with Gasteiger partial charge in [-0.1, -0.05) is 29.3 Å². The molecule has 0 radical (unpaired) electrons. The molecule has 0 heterocycles. The van der Waals surface area contributed by atoms with Crippen LogP contribution in [0.1, 0.15) is 5.56 Å². The van der Waals surface area contributed by atoms with Crippen LogP contribution in [0.3, 0.4) is 0 Å². The fourth-order valence-corrected chi connectivity index (χ4v) is 1.63. The molecule has 1 rings (SSSR count). The Balaban J connectivity index is 2.73. The number of rotatable bonds is 3. The Bertz CT molecular complexity index is 368. The quantitative estimate of drug-likeness (QED) is 0.770. The van der Waals surface area contributed by atoms with E-state index in [1.807, 2.05) is 6.07 Å². The van der Waals surface area contributed by atoms with E-state index in [0.717, 1.165) is 5.56 Å². The lowest BCUT2D eigenvalue weighted by molar-refractivity contribution is -0.127. The van der Waals surface area contributed by atoms with Crippen LogP contribution >= 0.6 is 34.8 Å². The second-order valence-electron chi connectivity index (χ2n) is 3.13. The summed E-state index contributed by atoms with van der Waals surface area (Å²) in [4.78, 5) is 12.7. The molecule has 15 heavy (non-hydrogen) atoms. The lowest BCUT2D eigenvalue weighted by Gasteiger charge is -2.15. The van der Waals surface area contributed by atoms with Crippen LogP contribution in [0.25, 0.3) is 0 Å². The normalized spacial score (nSPS) is 10.1. The van der Waals surface area contributed by atoms with Gasteiger partial charge in [-0.05, 0) is 17.7 Å². The number of benzene rings is 1. The van der Waals surface area contributed by atoms with Gasteiger partial charge in [0.05, 0.1) is 10.0 Å². The van der Waals surface area contributed by atoms with Crippen molar-refractivity contribution in [3.63, 3.8) is 0 Å². The lowest BCUT2D eigenvalue weighted by atomic mass is 10.2. The number of hydrogen-bond donors (Lipinski definition) is 0. The van der Waals surface area contributed by atoms with Gasteiger partial charge in [0.15, 0.2) is 0 Å². The summed E-state index contributed by atoms with van der Waals surface area (Å²) in [5, 5.41) is 0.993. The van der Waals surface area contributed by atoms with Gasteiger partial charge in [-0.2, -0.15) is 0 Å². The predicted molar refractivity (Wildman–Crippen MR) is 63.7 cm³/mol. The van der Waals surface area contributed by atoms with Crippen LogP contribution in [-0.4, -0.2) is 23.7 Å². The Hall–Kier alpha value is -0.440. The highest BCUT2D eigenvalue weighted by atomic mass is 35.5. The van der Waals surface area contributed by atoms with Crippen molar-refractivity contribution in [3.8, 4) is 0 Å². The third-order valence-electron chi connectivity index (χ3n) is 1.94. The molecule has 0 saturated carbocycles. The number of hydrogen-bond acceptors (Lipinski definition) is 1. The van der Waals surface area contributed by atoms with Crippen molar-refractivity contribution in [2.45, 2.75) is 6.54 Å². The Kier molecular flexibility index (Phi) is 4.71. The number of carbonyl (C=O) groups excluding carboxylic acids is 1. The zero-order valence-electron chi connectivity index (χ0n) is 8.14. The minimum Gasteiger partial charge on any atom is -0.340 e. The van der Waals surface area contributed by atoms with Crippen molar-refractivity contribution in [3.05, 3.63) is 33.8 Å². The maximum absolute atomic E-state index is 11.2. The molecule has 0 spiro atoms. The molecule has 0 bridgehead atoms. The van der Waals surface area contributed by atoms with Gasteiger partial charge >= 0.3 is 0 Å². The van der Waals surface area contributed by atoms with Crippen LogP contribution in [0.2, 0.25) is 10.0 Å². The van der Waals surface area contributed by atoms with E-state index in [2.05, 4.69) is 0 Å². The summed E-state index contributed by atoms with van der Waals surface area (Å²) in [7, 11) is 1.69. The van der Waals surface area contributed by atoms with Gasteiger partial charge in [-0.25, -0.2) is 0 Å². The van der Waals surface area contributed by atoms with Crippen molar-refractivity contribution in [1.82, 2.24) is 4.90 Å². The Morgan fingerprint density at radius 1 is 1.33 bits per heavy atom. The topological polar surface area (TPSA) is 20.3 Å². The molecule has 0 aliphatic rings. The summed E-state index contributed by atoms with van der Waals surface area (Å²) in [5.41, 5.74) is 0.922. The average Bonchev–Trinajstić information content (AvgIpc) is 2.22. The number of nitrogens with zero attached hydrogens (tertiary/aromatic N) is 1. The van der Waals surface area contributed by atoms with E-state index in [9.17, 15) is 4.79 Å². The summed E-state index contributed by atoms with van der Waals surface area (Å²) >= 11 is 17.1. The fraction of sp³-hybridized carbons (Fsp3) is 0.300. The first-order chi connectivity index (χ1) is 7.04. The van der Waals surface area contributed by atoms with Crippen LogP contribution < -0.4 is 0 Å². The third kappa shape index (κ3) is 3.56. The molecular weight excluding hydrogens is 256 g/mol. The van der Waals surface area contributed by atoms with E-state index in [0.29, 0.717) is 16.6 Å². The summed E-state index contributed by atoms with van der Waals surface area (Å²) in [6, 6.07) is 5.27. The highest BCUT2D eigenvalue weighted by Crippen LogP contribution is 2.23. The van der Waals surface area contributed by atoms with E-state index in [1.54, 1.807) is 19.2 Å². The molecule has 82 valence electrons. The van der Waals surface area contributed by atoms with Gasteiger partial charge < -0.3 is 4.90 Å². The Morgan fingerprint density at radius 3 is 2.53 bits per heavy atom. The molecule has 0 N–H and O–H groups in total. The average molecular weight is 267 g/mol. The van der Waals surface area contributed by atoms with Crippen LogP contribution in [-0.2, 0) is 11.3 Å². The molecule has 2 nitrogen and oxygen atoms in total. The van der Waals surface area contributed by atoms with Crippen molar-refractivity contribution < 1.29 is 4.79 Å². The molecule has 0 fully saturated rings. The van der Waals surface area contributed by atoms with Gasteiger partial charge in [-0.15, -0.1) is 11.6 Å². The van der Waals surface area contributed by atoms with Crippen LogP contribution in [0.4, 0.5) is 0 Å². The number of alkyl halides is 1. The van der Waals surface area contributed by atoms with E-state index in [4.69, 9.17) is 34.8 Å². The second kappa shape index (κ2) is 5.59. The molecule has 0 aromatic heterocycles. The van der Waals surface area contributed by atoms with E-state index >= 15 is 0 Å². The predicted octanol–water partition coefficient (Wildman–Crippen LogP) is 3.19. The zero-order chi connectivity index (χ0) is 11.4. The van der Waals surface area contributed by atoms with Gasteiger partial charge in [0.25, 0.3) is 0 Å². The monoisotopic (exact) mass is 265 g/mol. The minimum absolute atomic E-state index is 0.0160. The first-order valence-electron chi connectivity index (χ1n) is 4.28. The summed E-state index contributed by atoms with van der Waals surface area (Å²) in [6.07, 6.45) is 0. The molecule has 1 aromatic carbocycles. The molecular formula is C10H10Cl3NO. The molecule has 0 unspecified atom stereocenters. The first kappa shape index (κ1) is 12.6. The number of halogens is 3. The molecule has 0 atom stereocenters. The number of carbonyl (C=O) groups is 1. The summed E-state index contributed by atoms with van der Waals surface area (Å²) in [6.45, 7) is 0.475. The van der Waals surface area contributed by atoms with E-state index in [-0.39, 0.29) is 11.8 Å². The van der Waals surface area contributed by atoms with E-state index in [1.165, 1.54) is 4.90 Å². The van der Waals surface area contributed by atoms with E-state index < -0.39 is 0 Å². The van der Waals surface area contributed by atoms with Gasteiger partial charge in [-0.3, -0.25) is 4.79 Å². The zero-order valence-corrected chi connectivity index (χ0v) is 10.4.